The van der Waals surface area contributed by atoms with Crippen LogP contribution in [0.25, 0.3) is 0 Å². The highest BCUT2D eigenvalue weighted by molar-refractivity contribution is 6.33. The SMILES string of the molecule is C=CCC(C#N)Nc1ccc(C(F)(F)F)cc1Cl. The third kappa shape index (κ3) is 3.67. The van der Waals surface area contributed by atoms with E-state index in [1.54, 1.807) is 6.08 Å². The summed E-state index contributed by atoms with van der Waals surface area (Å²) in [6, 6.07) is 4.33. The van der Waals surface area contributed by atoms with Crippen LogP contribution in [0.2, 0.25) is 5.02 Å². The molecule has 0 radical (unpaired) electrons. The van der Waals surface area contributed by atoms with Crippen LogP contribution in [0, 0.1) is 11.3 Å². The van der Waals surface area contributed by atoms with Crippen LogP contribution in [0.1, 0.15) is 12.0 Å². The zero-order valence-electron chi connectivity index (χ0n) is 9.26. The summed E-state index contributed by atoms with van der Waals surface area (Å²) >= 11 is 5.74. The van der Waals surface area contributed by atoms with Crippen LogP contribution >= 0.6 is 11.6 Å². The minimum Gasteiger partial charge on any atom is -0.368 e. The molecule has 0 aliphatic heterocycles. The van der Waals surface area contributed by atoms with Gasteiger partial charge in [-0.1, -0.05) is 17.7 Å². The Bertz CT molecular complexity index is 477. The van der Waals surface area contributed by atoms with Gasteiger partial charge in [0.2, 0.25) is 0 Å². The van der Waals surface area contributed by atoms with Gasteiger partial charge in [0.25, 0.3) is 0 Å². The van der Waals surface area contributed by atoms with Crippen molar-refractivity contribution in [2.45, 2.75) is 18.6 Å². The minimum absolute atomic E-state index is 0.0749. The molecule has 0 saturated carbocycles. The van der Waals surface area contributed by atoms with Gasteiger partial charge in [-0.2, -0.15) is 18.4 Å². The van der Waals surface area contributed by atoms with E-state index < -0.39 is 17.8 Å². The van der Waals surface area contributed by atoms with Crippen LogP contribution in [0.15, 0.2) is 30.9 Å². The third-order valence-electron chi connectivity index (χ3n) is 2.18. The summed E-state index contributed by atoms with van der Waals surface area (Å²) in [6.07, 6.45) is -2.52. The number of nitrogens with one attached hydrogen (secondary N) is 1. The number of hydrogen-bond donors (Lipinski definition) is 1. The van der Waals surface area contributed by atoms with Gasteiger partial charge in [-0.05, 0) is 24.6 Å². The second-order valence-corrected chi connectivity index (χ2v) is 3.95. The Morgan fingerprint density at radius 2 is 2.17 bits per heavy atom. The molecule has 2 nitrogen and oxygen atoms in total. The van der Waals surface area contributed by atoms with Gasteiger partial charge in [0, 0.05) is 0 Å². The minimum atomic E-state index is -4.43. The molecular formula is C12H10ClF3N2. The zero-order chi connectivity index (χ0) is 13.8. The summed E-state index contributed by atoms with van der Waals surface area (Å²) in [6.45, 7) is 3.49. The first kappa shape index (κ1) is 14.4. The molecule has 0 aliphatic rings. The maximum Gasteiger partial charge on any atom is 0.416 e. The summed E-state index contributed by atoms with van der Waals surface area (Å²) in [5, 5.41) is 11.5. The van der Waals surface area contributed by atoms with Gasteiger partial charge in [0.05, 0.1) is 22.3 Å². The van der Waals surface area contributed by atoms with Crippen LogP contribution in [0.5, 0.6) is 0 Å². The van der Waals surface area contributed by atoms with E-state index in [0.29, 0.717) is 6.42 Å². The smallest absolute Gasteiger partial charge is 0.368 e. The molecule has 0 aliphatic carbocycles. The highest BCUT2D eigenvalue weighted by Crippen LogP contribution is 2.33. The van der Waals surface area contributed by atoms with E-state index in [9.17, 15) is 13.2 Å². The van der Waals surface area contributed by atoms with Crippen LogP contribution < -0.4 is 5.32 Å². The van der Waals surface area contributed by atoms with Crippen molar-refractivity contribution < 1.29 is 13.2 Å². The monoisotopic (exact) mass is 274 g/mol. The van der Waals surface area contributed by atoms with Crippen LogP contribution in [0.4, 0.5) is 18.9 Å². The molecule has 18 heavy (non-hydrogen) atoms. The number of nitriles is 1. The Kier molecular flexibility index (Phi) is 4.62. The van der Waals surface area contributed by atoms with E-state index in [2.05, 4.69) is 11.9 Å². The molecule has 6 heteroatoms. The van der Waals surface area contributed by atoms with Crippen molar-refractivity contribution in [1.82, 2.24) is 0 Å². The fraction of sp³-hybridized carbons (Fsp3) is 0.250. The van der Waals surface area contributed by atoms with Crippen LogP contribution in [-0.4, -0.2) is 6.04 Å². The molecule has 1 atom stereocenters. The Morgan fingerprint density at radius 1 is 1.50 bits per heavy atom. The molecule has 1 aromatic rings. The number of halogens is 4. The fourth-order valence-electron chi connectivity index (χ4n) is 1.31. The highest BCUT2D eigenvalue weighted by atomic mass is 35.5. The Hall–Kier alpha value is -1.67. The van der Waals surface area contributed by atoms with Gasteiger partial charge in [-0.15, -0.1) is 6.58 Å². The molecule has 1 aromatic carbocycles. The van der Waals surface area contributed by atoms with Crippen molar-refractivity contribution in [3.8, 4) is 6.07 Å². The summed E-state index contributed by atoms with van der Waals surface area (Å²) in [4.78, 5) is 0. The second kappa shape index (κ2) is 5.78. The van der Waals surface area contributed by atoms with Crippen LogP contribution in [0.3, 0.4) is 0 Å². The third-order valence-corrected chi connectivity index (χ3v) is 2.50. The largest absolute Gasteiger partial charge is 0.416 e. The lowest BCUT2D eigenvalue weighted by atomic mass is 10.1. The highest BCUT2D eigenvalue weighted by Gasteiger charge is 2.30. The Morgan fingerprint density at radius 3 is 2.61 bits per heavy atom. The molecule has 0 heterocycles. The first-order chi connectivity index (χ1) is 8.38. The maximum absolute atomic E-state index is 12.4. The summed E-state index contributed by atoms with van der Waals surface area (Å²) in [7, 11) is 0. The van der Waals surface area contributed by atoms with Gasteiger partial charge in [0.15, 0.2) is 0 Å². The lowest BCUT2D eigenvalue weighted by Gasteiger charge is -2.14. The van der Waals surface area contributed by atoms with Crippen molar-refractivity contribution >= 4 is 17.3 Å². The molecule has 0 spiro atoms. The van der Waals surface area contributed by atoms with E-state index in [-0.39, 0.29) is 10.7 Å². The molecule has 1 rings (SSSR count). The zero-order valence-corrected chi connectivity index (χ0v) is 10.0. The molecule has 0 aromatic heterocycles. The molecule has 1 N–H and O–H groups in total. The van der Waals surface area contributed by atoms with E-state index in [4.69, 9.17) is 16.9 Å². The Balaban J connectivity index is 2.93. The number of anilines is 1. The van der Waals surface area contributed by atoms with Gasteiger partial charge in [0.1, 0.15) is 6.04 Å². The van der Waals surface area contributed by atoms with Gasteiger partial charge in [-0.3, -0.25) is 0 Å². The molecule has 0 saturated heterocycles. The predicted molar refractivity (Wildman–Crippen MR) is 64.3 cm³/mol. The van der Waals surface area contributed by atoms with Gasteiger partial charge in [-0.25, -0.2) is 0 Å². The van der Waals surface area contributed by atoms with Crippen molar-refractivity contribution in [1.29, 1.82) is 5.26 Å². The van der Waals surface area contributed by atoms with Gasteiger partial charge >= 0.3 is 6.18 Å². The average molecular weight is 275 g/mol. The maximum atomic E-state index is 12.4. The van der Waals surface area contributed by atoms with Crippen molar-refractivity contribution in [2.24, 2.45) is 0 Å². The molecule has 0 fully saturated rings. The van der Waals surface area contributed by atoms with Crippen molar-refractivity contribution in [2.75, 3.05) is 5.32 Å². The number of rotatable bonds is 4. The number of hydrogen-bond acceptors (Lipinski definition) is 2. The first-order valence-corrected chi connectivity index (χ1v) is 5.40. The normalized spacial score (nSPS) is 12.6. The standard InChI is InChI=1S/C12H10ClF3N2/c1-2-3-9(7-17)18-11-5-4-8(6-10(11)13)12(14,15)16/h2,4-6,9,18H,1,3H2. The topological polar surface area (TPSA) is 35.8 Å². The van der Waals surface area contributed by atoms with E-state index >= 15 is 0 Å². The summed E-state index contributed by atoms with van der Waals surface area (Å²) in [5.74, 6) is 0. The molecule has 0 amide bonds. The van der Waals surface area contributed by atoms with E-state index in [0.717, 1.165) is 12.1 Å². The number of benzene rings is 1. The first-order valence-electron chi connectivity index (χ1n) is 5.02. The molecular weight excluding hydrogens is 265 g/mol. The summed E-state index contributed by atoms with van der Waals surface area (Å²) < 4.78 is 37.2. The number of nitrogens with zero attached hydrogens (tertiary/aromatic N) is 1. The van der Waals surface area contributed by atoms with E-state index in [1.165, 1.54) is 6.07 Å². The van der Waals surface area contributed by atoms with Crippen LogP contribution in [-0.2, 0) is 6.18 Å². The lowest BCUT2D eigenvalue weighted by molar-refractivity contribution is -0.137. The number of alkyl halides is 3. The predicted octanol–water partition coefficient (Wildman–Crippen LogP) is 4.24. The fourth-order valence-corrected chi connectivity index (χ4v) is 1.54. The molecule has 96 valence electrons. The summed E-state index contributed by atoms with van der Waals surface area (Å²) in [5.41, 5.74) is -0.534. The second-order valence-electron chi connectivity index (χ2n) is 3.54. The quantitative estimate of drug-likeness (QED) is 0.834. The molecule has 1 unspecified atom stereocenters. The average Bonchev–Trinajstić information content (AvgIpc) is 2.29. The Labute approximate surface area is 108 Å². The van der Waals surface area contributed by atoms with Gasteiger partial charge < -0.3 is 5.32 Å². The lowest BCUT2D eigenvalue weighted by Crippen LogP contribution is -2.16. The molecule has 0 bridgehead atoms. The van der Waals surface area contributed by atoms with Crippen molar-refractivity contribution in [3.63, 3.8) is 0 Å². The van der Waals surface area contributed by atoms with E-state index in [1.807, 2.05) is 6.07 Å². The van der Waals surface area contributed by atoms with Crippen molar-refractivity contribution in [3.05, 3.63) is 41.4 Å².